The monoisotopic (exact) mass is 327 g/mol. The zero-order chi connectivity index (χ0) is 7.89. The zero-order valence-electron chi connectivity index (χ0n) is 9.91. The Morgan fingerprint density at radius 3 is 1.00 bits per heavy atom. The Balaban J connectivity index is -0.000000333. The van der Waals surface area contributed by atoms with Crippen LogP contribution >= 0.6 is 0 Å². The minimum absolute atomic E-state index is 0. The van der Waals surface area contributed by atoms with Gasteiger partial charge in [-0.3, -0.25) is 0 Å². The van der Waals surface area contributed by atoms with Crippen molar-refractivity contribution in [3.63, 3.8) is 0 Å². The number of hydrogen-bond acceptors (Lipinski definition) is 0. The van der Waals surface area contributed by atoms with Gasteiger partial charge in [-0.05, 0) is 38.8 Å². The van der Waals surface area contributed by atoms with Crippen molar-refractivity contribution < 1.29 is 41.4 Å². The Morgan fingerprint density at radius 1 is 0.667 bits per heavy atom. The molecule has 1 aliphatic rings. The molecule has 63 valence electrons. The summed E-state index contributed by atoms with van der Waals surface area (Å²) in [6.45, 7) is 11.0. The maximum Gasteiger partial charge on any atom is 1.00 e. The molecule has 1 rings (SSSR count). The van der Waals surface area contributed by atoms with E-state index in [2.05, 4.69) is 34.6 Å². The minimum atomic E-state index is 0. The van der Waals surface area contributed by atoms with E-state index < -0.39 is 0 Å². The summed E-state index contributed by atoms with van der Waals surface area (Å²) >= 11 is 0. The molecule has 0 saturated heterocycles. The SMILES string of the molecule is C[C]1C(C)=C(C)C(C)=C1C.[H-].[Li+].[W]. The van der Waals surface area contributed by atoms with Gasteiger partial charge in [-0.1, -0.05) is 18.1 Å². The standard InChI is InChI=1S/C10H15.Li.W.H/c1-6-7(2)9(4)10(5)8(6)3;;;/h1-5H3;;;/q;+1;;-1. The second-order valence-corrected chi connectivity index (χ2v) is 3.12. The molecule has 0 bridgehead atoms. The summed E-state index contributed by atoms with van der Waals surface area (Å²) in [5, 5.41) is 0. The minimum Gasteiger partial charge on any atom is -1.00 e. The zero-order valence-corrected chi connectivity index (χ0v) is 11.8. The van der Waals surface area contributed by atoms with Crippen LogP contribution in [0.1, 0.15) is 36.0 Å². The fraction of sp³-hybridized carbons (Fsp3) is 0.500. The van der Waals surface area contributed by atoms with E-state index in [4.69, 9.17) is 0 Å². The van der Waals surface area contributed by atoms with E-state index in [-0.39, 0.29) is 41.4 Å². The second kappa shape index (κ2) is 5.49. The van der Waals surface area contributed by atoms with Crippen LogP contribution < -0.4 is 18.9 Å². The molecule has 2 heteroatoms. The Morgan fingerprint density at radius 2 is 0.917 bits per heavy atom. The number of rotatable bonds is 0. The fourth-order valence-corrected chi connectivity index (χ4v) is 1.41. The maximum absolute atomic E-state index is 2.20. The summed E-state index contributed by atoms with van der Waals surface area (Å²) in [7, 11) is 0. The third-order valence-corrected chi connectivity index (χ3v) is 2.81. The third kappa shape index (κ3) is 2.38. The predicted octanol–water partition coefficient (Wildman–Crippen LogP) is 0.381. The predicted molar refractivity (Wildman–Crippen MR) is 46.8 cm³/mol. The molecule has 1 radical (unpaired) electrons. The molecular weight excluding hydrogens is 311 g/mol. The normalized spacial score (nSPS) is 17.8. The summed E-state index contributed by atoms with van der Waals surface area (Å²) < 4.78 is 0. The van der Waals surface area contributed by atoms with Crippen LogP contribution in [0.15, 0.2) is 22.3 Å². The summed E-state index contributed by atoms with van der Waals surface area (Å²) in [6.07, 6.45) is 0. The van der Waals surface area contributed by atoms with Crippen LogP contribution in [0.25, 0.3) is 0 Å². The Bertz CT molecular complexity index is 207. The maximum atomic E-state index is 2.20. The van der Waals surface area contributed by atoms with Crippen LogP contribution in [0.4, 0.5) is 0 Å². The molecule has 12 heavy (non-hydrogen) atoms. The smallest absolute Gasteiger partial charge is 1.00 e. The summed E-state index contributed by atoms with van der Waals surface area (Å²) in [6, 6.07) is 0. The largest absolute Gasteiger partial charge is 1.00 e. The van der Waals surface area contributed by atoms with E-state index in [9.17, 15) is 0 Å². The molecule has 0 amide bonds. The van der Waals surface area contributed by atoms with Gasteiger partial charge >= 0.3 is 18.9 Å². The Kier molecular flexibility index (Phi) is 6.97. The van der Waals surface area contributed by atoms with Gasteiger partial charge in [-0.15, -0.1) is 0 Å². The Labute approximate surface area is 104 Å². The van der Waals surface area contributed by atoms with Gasteiger partial charge in [-0.25, -0.2) is 0 Å². The topological polar surface area (TPSA) is 0 Å². The van der Waals surface area contributed by atoms with Crippen LogP contribution in [0.3, 0.4) is 0 Å². The van der Waals surface area contributed by atoms with Gasteiger partial charge < -0.3 is 1.43 Å². The van der Waals surface area contributed by atoms with E-state index >= 15 is 0 Å². The van der Waals surface area contributed by atoms with Crippen molar-refractivity contribution in [1.29, 1.82) is 0 Å². The first-order valence-electron chi connectivity index (χ1n) is 3.75. The molecule has 0 fully saturated rings. The molecule has 0 aromatic heterocycles. The van der Waals surface area contributed by atoms with Crippen LogP contribution in [0.2, 0.25) is 0 Å². The van der Waals surface area contributed by atoms with Crippen LogP contribution in [0, 0.1) is 5.92 Å². The van der Waals surface area contributed by atoms with E-state index in [0.717, 1.165) is 0 Å². The molecule has 0 atom stereocenters. The van der Waals surface area contributed by atoms with Crippen molar-refractivity contribution >= 4 is 0 Å². The summed E-state index contributed by atoms with van der Waals surface area (Å²) in [5.74, 6) is 1.47. The van der Waals surface area contributed by atoms with E-state index in [0.29, 0.717) is 0 Å². The molecule has 0 heterocycles. The average Bonchev–Trinajstić information content (AvgIpc) is 2.07. The Hall–Kier alpha value is 0.766. The molecular formula is C10H16LiW. The van der Waals surface area contributed by atoms with Gasteiger partial charge in [0.1, 0.15) is 0 Å². The summed E-state index contributed by atoms with van der Waals surface area (Å²) in [5.41, 5.74) is 5.87. The van der Waals surface area contributed by atoms with E-state index in [1.165, 1.54) is 28.2 Å². The van der Waals surface area contributed by atoms with Crippen molar-refractivity contribution in [3.05, 3.63) is 28.2 Å². The molecule has 1 aliphatic carbocycles. The molecule has 0 aromatic rings. The van der Waals surface area contributed by atoms with Crippen LogP contribution in [-0.4, -0.2) is 0 Å². The van der Waals surface area contributed by atoms with Gasteiger partial charge in [0.05, 0.1) is 0 Å². The quantitative estimate of drug-likeness (QED) is 0.565. The molecule has 0 unspecified atom stereocenters. The van der Waals surface area contributed by atoms with Gasteiger partial charge in [0.2, 0.25) is 0 Å². The van der Waals surface area contributed by atoms with E-state index in [1.807, 2.05) is 0 Å². The molecule has 0 aromatic carbocycles. The first-order valence-corrected chi connectivity index (χ1v) is 3.75. The molecule has 0 saturated carbocycles. The molecule has 0 aliphatic heterocycles. The van der Waals surface area contributed by atoms with Gasteiger partial charge in [0, 0.05) is 27.0 Å². The van der Waals surface area contributed by atoms with Gasteiger partial charge in [0.25, 0.3) is 0 Å². The van der Waals surface area contributed by atoms with Crippen molar-refractivity contribution in [2.75, 3.05) is 0 Å². The van der Waals surface area contributed by atoms with Crippen LogP contribution in [-0.2, 0) is 21.1 Å². The van der Waals surface area contributed by atoms with Crippen molar-refractivity contribution in [3.8, 4) is 0 Å². The third-order valence-electron chi connectivity index (χ3n) is 2.81. The van der Waals surface area contributed by atoms with Crippen molar-refractivity contribution in [1.82, 2.24) is 0 Å². The van der Waals surface area contributed by atoms with Gasteiger partial charge in [-0.2, -0.15) is 0 Å². The summed E-state index contributed by atoms with van der Waals surface area (Å²) in [4.78, 5) is 0. The second-order valence-electron chi connectivity index (χ2n) is 3.12. The molecule has 0 N–H and O–H groups in total. The van der Waals surface area contributed by atoms with Crippen molar-refractivity contribution in [2.24, 2.45) is 0 Å². The van der Waals surface area contributed by atoms with E-state index in [1.54, 1.807) is 0 Å². The number of hydrogen-bond donors (Lipinski definition) is 0. The van der Waals surface area contributed by atoms with Crippen LogP contribution in [0.5, 0.6) is 0 Å². The fourth-order valence-electron chi connectivity index (χ4n) is 1.41. The molecule has 0 nitrogen and oxygen atoms in total. The first kappa shape index (κ1) is 15.2. The number of allylic oxidation sites excluding steroid dienone is 4. The average molecular weight is 327 g/mol. The van der Waals surface area contributed by atoms with Crippen molar-refractivity contribution in [2.45, 2.75) is 34.6 Å². The molecule has 0 spiro atoms. The van der Waals surface area contributed by atoms with Gasteiger partial charge in [0.15, 0.2) is 0 Å². The first-order chi connectivity index (χ1) is 4.55.